The Balaban J connectivity index is 1.55. The molecule has 4 rings (SSSR count). The summed E-state index contributed by atoms with van der Waals surface area (Å²) in [6.07, 6.45) is 4.78. The number of amides is 2. The van der Waals surface area contributed by atoms with E-state index in [1.54, 1.807) is 12.2 Å². The van der Waals surface area contributed by atoms with Crippen LogP contribution in [-0.4, -0.2) is 11.8 Å². The van der Waals surface area contributed by atoms with Gasteiger partial charge in [0.25, 0.3) is 5.91 Å². The third-order valence-electron chi connectivity index (χ3n) is 4.85. The van der Waals surface area contributed by atoms with Crippen molar-refractivity contribution in [3.05, 3.63) is 126 Å². The van der Waals surface area contributed by atoms with Crippen LogP contribution in [0.25, 0.3) is 22.9 Å². The van der Waals surface area contributed by atoms with Gasteiger partial charge in [0.05, 0.1) is 0 Å². The van der Waals surface area contributed by atoms with E-state index < -0.39 is 5.91 Å². The van der Waals surface area contributed by atoms with E-state index in [9.17, 15) is 9.59 Å². The first kappa shape index (κ1) is 20.8. The molecule has 0 aliphatic heterocycles. The minimum absolute atomic E-state index is 0.159. The lowest BCUT2D eigenvalue weighted by molar-refractivity contribution is -0.118. The summed E-state index contributed by atoms with van der Waals surface area (Å²) in [6.45, 7) is 0. The summed E-state index contributed by atoms with van der Waals surface area (Å²) in [5.74, 6) is -0.782. The van der Waals surface area contributed by atoms with Gasteiger partial charge in [0.15, 0.2) is 0 Å². The summed E-state index contributed by atoms with van der Waals surface area (Å²) < 4.78 is 0. The molecule has 0 saturated carbocycles. The molecule has 32 heavy (non-hydrogen) atoms. The fourth-order valence-electron chi connectivity index (χ4n) is 3.25. The summed E-state index contributed by atoms with van der Waals surface area (Å²) in [5, 5.41) is 7.71. The minimum Gasteiger partial charge on any atom is -0.321 e. The third-order valence-corrected chi connectivity index (χ3v) is 4.85. The van der Waals surface area contributed by atoms with Crippen LogP contribution in [0.2, 0.25) is 0 Å². The quantitative estimate of drug-likeness (QED) is 0.398. The van der Waals surface area contributed by atoms with Gasteiger partial charge in [0, 0.05) is 11.8 Å². The first-order chi connectivity index (χ1) is 15.7. The van der Waals surface area contributed by atoms with Crippen molar-refractivity contribution in [1.82, 2.24) is 5.32 Å². The molecule has 0 radical (unpaired) electrons. The van der Waals surface area contributed by atoms with E-state index in [2.05, 4.69) is 10.6 Å². The molecule has 0 aliphatic rings. The van der Waals surface area contributed by atoms with E-state index in [4.69, 9.17) is 0 Å². The minimum atomic E-state index is -0.398. The van der Waals surface area contributed by atoms with E-state index >= 15 is 0 Å². The van der Waals surface area contributed by atoms with E-state index in [0.717, 1.165) is 21.9 Å². The van der Waals surface area contributed by atoms with Gasteiger partial charge in [0.1, 0.15) is 5.70 Å². The lowest BCUT2D eigenvalue weighted by Crippen LogP contribution is -2.29. The maximum Gasteiger partial charge on any atom is 0.272 e. The molecular formula is C28H22N2O2. The van der Waals surface area contributed by atoms with E-state index in [1.165, 1.54) is 6.08 Å². The van der Waals surface area contributed by atoms with Gasteiger partial charge in [0.2, 0.25) is 5.91 Å². The van der Waals surface area contributed by atoms with Gasteiger partial charge < -0.3 is 10.6 Å². The molecule has 0 fully saturated rings. The van der Waals surface area contributed by atoms with Gasteiger partial charge in [-0.05, 0) is 46.2 Å². The van der Waals surface area contributed by atoms with Crippen LogP contribution in [0.5, 0.6) is 0 Å². The van der Waals surface area contributed by atoms with Crippen molar-refractivity contribution in [3.63, 3.8) is 0 Å². The van der Waals surface area contributed by atoms with Crippen LogP contribution in [0.15, 0.2) is 115 Å². The van der Waals surface area contributed by atoms with Crippen LogP contribution in [-0.2, 0) is 9.59 Å². The highest BCUT2D eigenvalue weighted by Crippen LogP contribution is 2.19. The predicted octanol–water partition coefficient (Wildman–Crippen LogP) is 5.65. The summed E-state index contributed by atoms with van der Waals surface area (Å²) in [4.78, 5) is 25.6. The SMILES string of the molecule is O=C(/C=C/c1ccccc1)N/C(=C/c1ccccc1)C(=O)Nc1ccc2ccccc2c1. The van der Waals surface area contributed by atoms with E-state index in [0.29, 0.717) is 5.69 Å². The number of carbonyl (C=O) groups is 2. The molecule has 2 N–H and O–H groups in total. The molecule has 156 valence electrons. The zero-order valence-electron chi connectivity index (χ0n) is 17.4. The molecule has 0 aromatic heterocycles. The molecule has 0 heterocycles. The second-order valence-corrected chi connectivity index (χ2v) is 7.22. The Hall–Kier alpha value is -4.44. The molecule has 0 spiro atoms. The lowest BCUT2D eigenvalue weighted by Gasteiger charge is -2.11. The van der Waals surface area contributed by atoms with Gasteiger partial charge >= 0.3 is 0 Å². The van der Waals surface area contributed by atoms with Crippen LogP contribution in [0, 0.1) is 0 Å². The summed E-state index contributed by atoms with van der Waals surface area (Å²) >= 11 is 0. The molecule has 0 saturated heterocycles. The Morgan fingerprint density at radius 2 is 1.28 bits per heavy atom. The number of hydrogen-bond acceptors (Lipinski definition) is 2. The fourth-order valence-corrected chi connectivity index (χ4v) is 3.25. The second-order valence-electron chi connectivity index (χ2n) is 7.22. The van der Waals surface area contributed by atoms with Gasteiger partial charge in [-0.2, -0.15) is 0 Å². The Morgan fingerprint density at radius 1 is 0.656 bits per heavy atom. The van der Waals surface area contributed by atoms with Crippen LogP contribution in [0.1, 0.15) is 11.1 Å². The van der Waals surface area contributed by atoms with Gasteiger partial charge in [-0.1, -0.05) is 91.0 Å². The van der Waals surface area contributed by atoms with Crippen molar-refractivity contribution in [2.75, 3.05) is 5.32 Å². The number of hydrogen-bond donors (Lipinski definition) is 2. The number of rotatable bonds is 6. The van der Waals surface area contributed by atoms with E-state index in [1.807, 2.05) is 103 Å². The van der Waals surface area contributed by atoms with Crippen molar-refractivity contribution >= 4 is 40.4 Å². The lowest BCUT2D eigenvalue weighted by atomic mass is 10.1. The summed E-state index contributed by atoms with van der Waals surface area (Å²) in [5.41, 5.74) is 2.52. The largest absolute Gasteiger partial charge is 0.321 e. The number of anilines is 1. The van der Waals surface area contributed by atoms with Crippen molar-refractivity contribution < 1.29 is 9.59 Å². The molecule has 0 unspecified atom stereocenters. The average molecular weight is 418 g/mol. The molecule has 0 aliphatic carbocycles. The highest BCUT2D eigenvalue weighted by molar-refractivity contribution is 6.10. The molecular weight excluding hydrogens is 396 g/mol. The third kappa shape index (κ3) is 5.58. The zero-order chi connectivity index (χ0) is 22.2. The Bertz CT molecular complexity index is 1290. The fraction of sp³-hybridized carbons (Fsp3) is 0. The average Bonchev–Trinajstić information content (AvgIpc) is 2.83. The van der Waals surface area contributed by atoms with Crippen molar-refractivity contribution in [3.8, 4) is 0 Å². The molecule has 0 bridgehead atoms. The number of benzene rings is 4. The topological polar surface area (TPSA) is 58.2 Å². The Kier molecular flexibility index (Phi) is 6.54. The first-order valence-corrected chi connectivity index (χ1v) is 10.3. The molecule has 4 heteroatoms. The van der Waals surface area contributed by atoms with Crippen LogP contribution < -0.4 is 10.6 Å². The van der Waals surface area contributed by atoms with Crippen molar-refractivity contribution in [2.24, 2.45) is 0 Å². The summed E-state index contributed by atoms with van der Waals surface area (Å²) in [6, 6.07) is 32.5. The zero-order valence-corrected chi connectivity index (χ0v) is 17.4. The molecule has 4 nitrogen and oxygen atoms in total. The van der Waals surface area contributed by atoms with E-state index in [-0.39, 0.29) is 11.6 Å². The highest BCUT2D eigenvalue weighted by Gasteiger charge is 2.13. The highest BCUT2D eigenvalue weighted by atomic mass is 16.2. The summed E-state index contributed by atoms with van der Waals surface area (Å²) in [7, 11) is 0. The van der Waals surface area contributed by atoms with Crippen LogP contribution in [0.4, 0.5) is 5.69 Å². The van der Waals surface area contributed by atoms with Gasteiger partial charge in [-0.25, -0.2) is 0 Å². The van der Waals surface area contributed by atoms with Gasteiger partial charge in [-0.15, -0.1) is 0 Å². The number of carbonyl (C=O) groups excluding carboxylic acids is 2. The predicted molar refractivity (Wildman–Crippen MR) is 131 cm³/mol. The monoisotopic (exact) mass is 418 g/mol. The maximum absolute atomic E-state index is 13.0. The van der Waals surface area contributed by atoms with Crippen molar-refractivity contribution in [2.45, 2.75) is 0 Å². The van der Waals surface area contributed by atoms with Gasteiger partial charge in [-0.3, -0.25) is 9.59 Å². The number of fused-ring (bicyclic) bond motifs is 1. The molecule has 0 atom stereocenters. The number of nitrogens with one attached hydrogen (secondary N) is 2. The molecule has 4 aromatic rings. The molecule has 2 amide bonds. The van der Waals surface area contributed by atoms with Crippen molar-refractivity contribution in [1.29, 1.82) is 0 Å². The Morgan fingerprint density at radius 3 is 2.00 bits per heavy atom. The first-order valence-electron chi connectivity index (χ1n) is 10.3. The van der Waals surface area contributed by atoms with Crippen LogP contribution in [0.3, 0.4) is 0 Å². The smallest absolute Gasteiger partial charge is 0.272 e. The molecule has 4 aromatic carbocycles. The standard InChI is InChI=1S/C28H22N2O2/c31-27(18-15-21-9-3-1-4-10-21)30-26(19-22-11-5-2-6-12-22)28(32)29-25-17-16-23-13-7-8-14-24(23)20-25/h1-20H,(H,29,32)(H,30,31)/b18-15+,26-19+. The van der Waals surface area contributed by atoms with Crippen LogP contribution >= 0.6 is 0 Å². The normalized spacial score (nSPS) is 11.4. The second kappa shape index (κ2) is 10.0. The maximum atomic E-state index is 13.0. The Labute approximate surface area is 186 Å².